The highest BCUT2D eigenvalue weighted by Gasteiger charge is 2.42. The van der Waals surface area contributed by atoms with Gasteiger partial charge in [-0.1, -0.05) is 44.2 Å². The van der Waals surface area contributed by atoms with Gasteiger partial charge in [-0.15, -0.1) is 0 Å². The van der Waals surface area contributed by atoms with Gasteiger partial charge in [0, 0.05) is 36.4 Å². The summed E-state index contributed by atoms with van der Waals surface area (Å²) in [5.74, 6) is 0.686. The van der Waals surface area contributed by atoms with Crippen molar-refractivity contribution in [1.82, 2.24) is 5.32 Å². The highest BCUT2D eigenvalue weighted by molar-refractivity contribution is 6.02. The first-order valence-electron chi connectivity index (χ1n) is 12.8. The number of carbonyl (C=O) groups is 2. The zero-order valence-corrected chi connectivity index (χ0v) is 21.3. The van der Waals surface area contributed by atoms with E-state index in [4.69, 9.17) is 9.47 Å². The number of allylic oxidation sites excluding steroid dienone is 1. The average molecular weight is 490 g/mol. The highest BCUT2D eigenvalue weighted by Crippen LogP contribution is 2.49. The van der Waals surface area contributed by atoms with Crippen molar-refractivity contribution >= 4 is 23.1 Å². The number of anilines is 2. The second kappa shape index (κ2) is 9.97. The van der Waals surface area contributed by atoms with Crippen LogP contribution in [0.5, 0.6) is 5.75 Å². The number of nitrogens with zero attached hydrogens (tertiary/aromatic N) is 1. The van der Waals surface area contributed by atoms with E-state index < -0.39 is 6.04 Å². The Labute approximate surface area is 212 Å². The predicted octanol–water partition coefficient (Wildman–Crippen LogP) is 4.61. The quantitative estimate of drug-likeness (QED) is 0.617. The average Bonchev–Trinajstić information content (AvgIpc) is 3.33. The first-order valence-corrected chi connectivity index (χ1v) is 12.8. The summed E-state index contributed by atoms with van der Waals surface area (Å²) in [5.41, 5.74) is 4.10. The molecule has 190 valence electrons. The Hall–Kier alpha value is -3.32. The first kappa shape index (κ1) is 24.4. The van der Waals surface area contributed by atoms with Crippen LogP contribution >= 0.6 is 0 Å². The topological polar surface area (TPSA) is 79.9 Å². The number of carbonyl (C=O) groups excluding carboxylic acids is 2. The van der Waals surface area contributed by atoms with Crippen molar-refractivity contribution in [3.63, 3.8) is 0 Å². The summed E-state index contributed by atoms with van der Waals surface area (Å²) in [7, 11) is 1.64. The van der Waals surface area contributed by atoms with Crippen molar-refractivity contribution in [1.29, 1.82) is 0 Å². The largest absolute Gasteiger partial charge is 0.496 e. The van der Waals surface area contributed by atoms with E-state index in [1.54, 1.807) is 7.11 Å². The Morgan fingerprint density at radius 2 is 1.94 bits per heavy atom. The molecule has 7 heteroatoms. The summed E-state index contributed by atoms with van der Waals surface area (Å²) in [4.78, 5) is 29.1. The molecule has 0 saturated carbocycles. The van der Waals surface area contributed by atoms with Gasteiger partial charge in [-0.3, -0.25) is 9.59 Å². The van der Waals surface area contributed by atoms with Gasteiger partial charge in [0.2, 0.25) is 5.91 Å². The van der Waals surface area contributed by atoms with Gasteiger partial charge in [0.05, 0.1) is 37.2 Å². The number of amides is 1. The second-order valence-corrected chi connectivity index (χ2v) is 10.7. The number of rotatable bonds is 6. The Morgan fingerprint density at radius 3 is 2.72 bits per heavy atom. The summed E-state index contributed by atoms with van der Waals surface area (Å²) < 4.78 is 11.4. The minimum absolute atomic E-state index is 0.0634. The Balaban J connectivity index is 1.60. The van der Waals surface area contributed by atoms with E-state index in [0.717, 1.165) is 48.5 Å². The molecule has 1 aliphatic carbocycles. The molecule has 7 nitrogen and oxygen atoms in total. The van der Waals surface area contributed by atoms with Crippen LogP contribution in [-0.4, -0.2) is 44.6 Å². The number of ketones is 1. The number of hydrogen-bond acceptors (Lipinski definition) is 6. The van der Waals surface area contributed by atoms with Crippen molar-refractivity contribution in [3.05, 3.63) is 65.4 Å². The smallest absolute Gasteiger partial charge is 0.239 e. The predicted molar refractivity (Wildman–Crippen MR) is 140 cm³/mol. The third-order valence-corrected chi connectivity index (χ3v) is 7.30. The summed E-state index contributed by atoms with van der Waals surface area (Å²) in [6, 6.07) is 15.3. The Morgan fingerprint density at radius 1 is 1.17 bits per heavy atom. The van der Waals surface area contributed by atoms with E-state index in [0.29, 0.717) is 24.3 Å². The molecule has 5 rings (SSSR count). The molecule has 1 saturated heterocycles. The fraction of sp³-hybridized carbons (Fsp3) is 0.448. The number of ether oxygens (including phenoxy) is 2. The molecule has 2 aromatic rings. The van der Waals surface area contributed by atoms with E-state index in [1.807, 2.05) is 53.4 Å². The molecule has 0 aromatic heterocycles. The molecule has 0 radical (unpaired) electrons. The van der Waals surface area contributed by atoms with Crippen LogP contribution in [0, 0.1) is 5.41 Å². The van der Waals surface area contributed by atoms with Crippen LogP contribution in [0.4, 0.5) is 11.4 Å². The fourth-order valence-corrected chi connectivity index (χ4v) is 5.69. The van der Waals surface area contributed by atoms with E-state index in [1.165, 1.54) is 0 Å². The molecule has 2 aliphatic heterocycles. The minimum atomic E-state index is -0.468. The zero-order chi connectivity index (χ0) is 25.3. The lowest BCUT2D eigenvalue weighted by Gasteiger charge is -2.38. The number of para-hydroxylation sites is 3. The van der Waals surface area contributed by atoms with Gasteiger partial charge in [-0.05, 0) is 42.9 Å². The molecule has 2 unspecified atom stereocenters. The summed E-state index contributed by atoms with van der Waals surface area (Å²) in [5, 5.41) is 6.65. The molecule has 36 heavy (non-hydrogen) atoms. The fourth-order valence-electron chi connectivity index (χ4n) is 5.69. The van der Waals surface area contributed by atoms with E-state index >= 15 is 0 Å². The standard InChI is InChI=1S/C29H35N3O4/c1-29(2)15-22-27(24(33)16-29)28(20-10-4-7-13-25(20)35-3)32(23-12-6-5-11-21(23)31-22)18-26(34)30-17-19-9-8-14-36-19/h4-7,10-13,19,28,31H,8-9,14-18H2,1-3H3,(H,30,34). The van der Waals surface area contributed by atoms with E-state index in [2.05, 4.69) is 24.5 Å². The molecule has 2 aromatic carbocycles. The van der Waals surface area contributed by atoms with E-state index in [-0.39, 0.29) is 29.8 Å². The lowest BCUT2D eigenvalue weighted by molar-refractivity contribution is -0.121. The molecule has 2 atom stereocenters. The SMILES string of the molecule is COc1ccccc1C1C2=C(CC(C)(C)CC2=O)Nc2ccccc2N1CC(=O)NCC1CCCO1. The van der Waals surface area contributed by atoms with Crippen LogP contribution in [0.2, 0.25) is 0 Å². The van der Waals surface area contributed by atoms with Crippen molar-refractivity contribution < 1.29 is 19.1 Å². The molecule has 1 amide bonds. The maximum atomic E-state index is 13.8. The lowest BCUT2D eigenvalue weighted by atomic mass is 9.73. The van der Waals surface area contributed by atoms with Crippen molar-refractivity contribution in [2.24, 2.45) is 5.41 Å². The molecule has 3 aliphatic rings. The van der Waals surface area contributed by atoms with Crippen molar-refractivity contribution in [2.45, 2.75) is 51.7 Å². The van der Waals surface area contributed by atoms with Crippen LogP contribution in [0.1, 0.15) is 51.1 Å². The van der Waals surface area contributed by atoms with Gasteiger partial charge in [0.15, 0.2) is 5.78 Å². The summed E-state index contributed by atoms with van der Waals surface area (Å²) >= 11 is 0. The molecular weight excluding hydrogens is 454 g/mol. The Bertz CT molecular complexity index is 1180. The van der Waals surface area contributed by atoms with Gasteiger partial charge < -0.3 is 25.0 Å². The number of fused-ring (bicyclic) bond motifs is 1. The zero-order valence-electron chi connectivity index (χ0n) is 21.3. The van der Waals surface area contributed by atoms with Crippen LogP contribution in [-0.2, 0) is 14.3 Å². The Kier molecular flexibility index (Phi) is 6.75. The van der Waals surface area contributed by atoms with Gasteiger partial charge >= 0.3 is 0 Å². The summed E-state index contributed by atoms with van der Waals surface area (Å²) in [6.07, 6.45) is 3.24. The normalized spacial score (nSPS) is 22.9. The van der Waals surface area contributed by atoms with Crippen LogP contribution in [0.25, 0.3) is 0 Å². The lowest BCUT2D eigenvalue weighted by Crippen LogP contribution is -2.43. The number of benzene rings is 2. The minimum Gasteiger partial charge on any atom is -0.496 e. The molecule has 2 heterocycles. The third-order valence-electron chi connectivity index (χ3n) is 7.30. The van der Waals surface area contributed by atoms with Crippen molar-refractivity contribution in [3.8, 4) is 5.75 Å². The van der Waals surface area contributed by atoms with Crippen LogP contribution in [0.15, 0.2) is 59.8 Å². The highest BCUT2D eigenvalue weighted by atomic mass is 16.5. The molecule has 2 N–H and O–H groups in total. The summed E-state index contributed by atoms with van der Waals surface area (Å²) in [6.45, 7) is 5.59. The molecular formula is C29H35N3O4. The van der Waals surface area contributed by atoms with Crippen molar-refractivity contribution in [2.75, 3.05) is 37.0 Å². The molecule has 1 fully saturated rings. The number of nitrogens with one attached hydrogen (secondary N) is 2. The van der Waals surface area contributed by atoms with Crippen LogP contribution in [0.3, 0.4) is 0 Å². The second-order valence-electron chi connectivity index (χ2n) is 10.7. The monoisotopic (exact) mass is 489 g/mol. The van der Waals surface area contributed by atoms with Gasteiger partial charge in [-0.2, -0.15) is 0 Å². The van der Waals surface area contributed by atoms with Gasteiger partial charge in [-0.25, -0.2) is 0 Å². The maximum absolute atomic E-state index is 13.8. The van der Waals surface area contributed by atoms with Crippen LogP contribution < -0.4 is 20.3 Å². The van der Waals surface area contributed by atoms with Gasteiger partial charge in [0.1, 0.15) is 5.75 Å². The molecule has 0 bridgehead atoms. The number of hydrogen-bond donors (Lipinski definition) is 2. The number of methoxy groups -OCH3 is 1. The number of Topliss-reactive ketones (excluding diaryl/α,β-unsaturated/α-hetero) is 1. The first-order chi connectivity index (χ1) is 17.4. The van der Waals surface area contributed by atoms with Gasteiger partial charge in [0.25, 0.3) is 0 Å². The third kappa shape index (κ3) is 4.85. The molecule has 0 spiro atoms. The maximum Gasteiger partial charge on any atom is 0.239 e. The van der Waals surface area contributed by atoms with E-state index in [9.17, 15) is 9.59 Å².